The maximum atomic E-state index is 12.4. The summed E-state index contributed by atoms with van der Waals surface area (Å²) in [5, 5.41) is 14.7. The molecule has 1 aromatic carbocycles. The van der Waals surface area contributed by atoms with Gasteiger partial charge in [0, 0.05) is 5.56 Å². The van der Waals surface area contributed by atoms with Crippen molar-refractivity contribution in [3.05, 3.63) is 42.1 Å². The Labute approximate surface area is 138 Å². The van der Waals surface area contributed by atoms with Crippen molar-refractivity contribution in [2.45, 2.75) is 16.4 Å². The molecule has 0 bridgehead atoms. The first-order chi connectivity index (χ1) is 11.5. The largest absolute Gasteiger partial charge is 0.497 e. The zero-order valence-electron chi connectivity index (χ0n) is 12.1. The summed E-state index contributed by atoms with van der Waals surface area (Å²) in [5.74, 6) is 0.966. The van der Waals surface area contributed by atoms with Gasteiger partial charge in [0.05, 0.1) is 7.11 Å². The fraction of sp³-hybridized carbons (Fsp3) is 0.143. The molecule has 0 atom stereocenters. The van der Waals surface area contributed by atoms with Gasteiger partial charge in [0.2, 0.25) is 5.89 Å². The Hall–Kier alpha value is -2.62. The van der Waals surface area contributed by atoms with Crippen LogP contribution in [0.4, 0.5) is 13.2 Å². The molecule has 2 aromatic heterocycles. The number of benzene rings is 1. The van der Waals surface area contributed by atoms with Gasteiger partial charge in [-0.3, -0.25) is 0 Å². The van der Waals surface area contributed by atoms with Gasteiger partial charge in [-0.05, 0) is 48.2 Å². The zero-order valence-corrected chi connectivity index (χ0v) is 12.9. The quantitative estimate of drug-likeness (QED) is 0.707. The second kappa shape index (κ2) is 6.48. The number of hydrogen-bond donors (Lipinski definition) is 0. The highest BCUT2D eigenvalue weighted by Gasteiger charge is 2.32. The minimum atomic E-state index is -4.53. The molecule has 3 rings (SSSR count). The Morgan fingerprint density at radius 3 is 2.29 bits per heavy atom. The first-order valence-electron chi connectivity index (χ1n) is 6.52. The van der Waals surface area contributed by atoms with Gasteiger partial charge in [-0.15, -0.1) is 20.4 Å². The standard InChI is InChI=1S/C14H9F3N4O2S/c1-22-9-4-2-8(3-5-9)12-20-21-13(23-12)24-11-7-6-10(18-19-11)14(15,16)17/h2-7H,1H3. The van der Waals surface area contributed by atoms with Crippen LogP contribution in [0.3, 0.4) is 0 Å². The smallest absolute Gasteiger partial charge is 0.435 e. The van der Waals surface area contributed by atoms with E-state index in [1.807, 2.05) is 0 Å². The van der Waals surface area contributed by atoms with Crippen molar-refractivity contribution in [3.8, 4) is 17.2 Å². The lowest BCUT2D eigenvalue weighted by Gasteiger charge is -2.03. The van der Waals surface area contributed by atoms with Crippen LogP contribution in [0.1, 0.15) is 5.69 Å². The van der Waals surface area contributed by atoms with Gasteiger partial charge in [0.25, 0.3) is 5.22 Å². The van der Waals surface area contributed by atoms with E-state index in [2.05, 4.69) is 20.4 Å². The normalized spacial score (nSPS) is 11.5. The van der Waals surface area contributed by atoms with Crippen LogP contribution in [0, 0.1) is 0 Å². The van der Waals surface area contributed by atoms with E-state index in [0.717, 1.165) is 17.8 Å². The number of ether oxygens (including phenoxy) is 1. The van der Waals surface area contributed by atoms with Crippen molar-refractivity contribution in [2.24, 2.45) is 0 Å². The van der Waals surface area contributed by atoms with Gasteiger partial charge < -0.3 is 9.15 Å². The van der Waals surface area contributed by atoms with Gasteiger partial charge in [-0.25, -0.2) is 0 Å². The molecule has 0 saturated heterocycles. The third-order valence-electron chi connectivity index (χ3n) is 2.87. The number of methoxy groups -OCH3 is 1. The van der Waals surface area contributed by atoms with E-state index in [1.54, 1.807) is 31.4 Å². The Bertz CT molecular complexity index is 819. The highest BCUT2D eigenvalue weighted by atomic mass is 32.2. The van der Waals surface area contributed by atoms with E-state index in [9.17, 15) is 13.2 Å². The second-order valence-electron chi connectivity index (χ2n) is 4.46. The summed E-state index contributed by atoms with van der Waals surface area (Å²) in [6, 6.07) is 9.02. The van der Waals surface area contributed by atoms with Crippen LogP contribution in [0.25, 0.3) is 11.5 Å². The van der Waals surface area contributed by atoms with Gasteiger partial charge in [-0.2, -0.15) is 13.2 Å². The molecule has 124 valence electrons. The minimum absolute atomic E-state index is 0.148. The lowest BCUT2D eigenvalue weighted by molar-refractivity contribution is -0.141. The Balaban J connectivity index is 1.73. The summed E-state index contributed by atoms with van der Waals surface area (Å²) in [7, 11) is 1.56. The van der Waals surface area contributed by atoms with E-state index in [1.165, 1.54) is 6.07 Å². The van der Waals surface area contributed by atoms with E-state index in [4.69, 9.17) is 9.15 Å². The summed E-state index contributed by atoms with van der Waals surface area (Å²) in [4.78, 5) is 0. The summed E-state index contributed by atoms with van der Waals surface area (Å²) in [6.45, 7) is 0. The monoisotopic (exact) mass is 354 g/mol. The van der Waals surface area contributed by atoms with Crippen molar-refractivity contribution in [2.75, 3.05) is 7.11 Å². The van der Waals surface area contributed by atoms with Crippen LogP contribution < -0.4 is 4.74 Å². The lowest BCUT2D eigenvalue weighted by atomic mass is 10.2. The molecule has 6 nitrogen and oxygen atoms in total. The average Bonchev–Trinajstić information content (AvgIpc) is 3.03. The molecule has 3 aromatic rings. The second-order valence-corrected chi connectivity index (χ2v) is 5.43. The number of hydrogen-bond acceptors (Lipinski definition) is 7. The number of rotatable bonds is 4. The molecule has 0 aliphatic rings. The Kier molecular flexibility index (Phi) is 4.38. The zero-order chi connectivity index (χ0) is 17.2. The number of halogens is 3. The number of nitrogens with zero attached hydrogens (tertiary/aromatic N) is 4. The molecule has 0 unspecified atom stereocenters. The SMILES string of the molecule is COc1ccc(-c2nnc(Sc3ccc(C(F)(F)F)nn3)o2)cc1. The molecule has 24 heavy (non-hydrogen) atoms. The fourth-order valence-corrected chi connectivity index (χ4v) is 2.32. The third kappa shape index (κ3) is 3.65. The van der Waals surface area contributed by atoms with Crippen LogP contribution in [-0.4, -0.2) is 27.5 Å². The van der Waals surface area contributed by atoms with Crippen LogP contribution >= 0.6 is 11.8 Å². The lowest BCUT2D eigenvalue weighted by Crippen LogP contribution is -2.08. The predicted molar refractivity (Wildman–Crippen MR) is 77.4 cm³/mol. The molecule has 0 aliphatic carbocycles. The van der Waals surface area contributed by atoms with Crippen molar-refractivity contribution >= 4 is 11.8 Å². The van der Waals surface area contributed by atoms with Crippen molar-refractivity contribution in [3.63, 3.8) is 0 Å². The van der Waals surface area contributed by atoms with E-state index in [-0.39, 0.29) is 16.1 Å². The molecule has 10 heteroatoms. The molecule has 0 radical (unpaired) electrons. The number of alkyl halides is 3. The maximum Gasteiger partial charge on any atom is 0.435 e. The first-order valence-corrected chi connectivity index (χ1v) is 7.34. The van der Waals surface area contributed by atoms with Crippen molar-refractivity contribution in [1.29, 1.82) is 0 Å². The van der Waals surface area contributed by atoms with Crippen LogP contribution in [0.5, 0.6) is 5.75 Å². The summed E-state index contributed by atoms with van der Waals surface area (Å²) >= 11 is 0.924. The summed E-state index contributed by atoms with van der Waals surface area (Å²) in [5.41, 5.74) is -0.370. The molecule has 0 spiro atoms. The summed E-state index contributed by atoms with van der Waals surface area (Å²) < 4.78 is 47.8. The van der Waals surface area contributed by atoms with Crippen molar-refractivity contribution < 1.29 is 22.3 Å². The van der Waals surface area contributed by atoms with E-state index in [0.29, 0.717) is 11.3 Å². The highest BCUT2D eigenvalue weighted by molar-refractivity contribution is 7.99. The van der Waals surface area contributed by atoms with Crippen LogP contribution in [0.15, 0.2) is 51.1 Å². The topological polar surface area (TPSA) is 73.9 Å². The van der Waals surface area contributed by atoms with Gasteiger partial charge in [-0.1, -0.05) is 0 Å². The molecule has 0 aliphatic heterocycles. The fourth-order valence-electron chi connectivity index (χ4n) is 1.72. The minimum Gasteiger partial charge on any atom is -0.497 e. The number of aromatic nitrogens is 4. The maximum absolute atomic E-state index is 12.4. The molecular formula is C14H9F3N4O2S. The Morgan fingerprint density at radius 1 is 0.958 bits per heavy atom. The van der Waals surface area contributed by atoms with Crippen molar-refractivity contribution in [1.82, 2.24) is 20.4 Å². The van der Waals surface area contributed by atoms with E-state index >= 15 is 0 Å². The van der Waals surface area contributed by atoms with Crippen LogP contribution in [0.2, 0.25) is 0 Å². The average molecular weight is 354 g/mol. The molecule has 0 amide bonds. The molecule has 0 saturated carbocycles. The molecular weight excluding hydrogens is 345 g/mol. The Morgan fingerprint density at radius 2 is 1.71 bits per heavy atom. The molecule has 2 heterocycles. The predicted octanol–water partition coefficient (Wildman–Crippen LogP) is 3.71. The molecule has 0 N–H and O–H groups in total. The van der Waals surface area contributed by atoms with Crippen LogP contribution in [-0.2, 0) is 6.18 Å². The van der Waals surface area contributed by atoms with Gasteiger partial charge >= 0.3 is 6.18 Å². The van der Waals surface area contributed by atoms with Gasteiger partial charge in [0.15, 0.2) is 5.69 Å². The molecule has 0 fully saturated rings. The van der Waals surface area contributed by atoms with E-state index < -0.39 is 11.9 Å². The third-order valence-corrected chi connectivity index (χ3v) is 3.63. The summed E-state index contributed by atoms with van der Waals surface area (Å²) in [6.07, 6.45) is -4.53. The highest BCUT2D eigenvalue weighted by Crippen LogP contribution is 2.31. The first kappa shape index (κ1) is 16.2. The van der Waals surface area contributed by atoms with Gasteiger partial charge in [0.1, 0.15) is 10.8 Å².